The van der Waals surface area contributed by atoms with Gasteiger partial charge in [-0.05, 0) is 26.7 Å². The van der Waals surface area contributed by atoms with Gasteiger partial charge in [0.25, 0.3) is 0 Å². The Kier molecular flexibility index (Phi) is 3.11. The molecule has 1 fully saturated rings. The molecule has 1 aromatic heterocycles. The number of nitrogens with one attached hydrogen (secondary N) is 1. The summed E-state index contributed by atoms with van der Waals surface area (Å²) in [5, 5.41) is 15.9. The summed E-state index contributed by atoms with van der Waals surface area (Å²) in [6.45, 7) is 3.95. The van der Waals surface area contributed by atoms with Gasteiger partial charge in [0.15, 0.2) is 5.82 Å². The number of carbonyl (C=O) groups excluding carboxylic acids is 1. The molecule has 1 amide bonds. The number of hydrogen-bond donors (Lipinski definition) is 2. The van der Waals surface area contributed by atoms with Gasteiger partial charge in [0.2, 0.25) is 5.91 Å². The molecule has 0 atom stereocenters. The Morgan fingerprint density at radius 3 is 2.56 bits per heavy atom. The number of amides is 1. The number of rotatable bonds is 4. The number of nitrogens with zero attached hydrogens (tertiary/aromatic N) is 2. The zero-order valence-corrected chi connectivity index (χ0v) is 10.5. The summed E-state index contributed by atoms with van der Waals surface area (Å²) in [7, 11) is 0. The van der Waals surface area contributed by atoms with Gasteiger partial charge in [-0.2, -0.15) is 5.10 Å². The van der Waals surface area contributed by atoms with Crippen molar-refractivity contribution in [3.05, 3.63) is 12.3 Å². The highest BCUT2D eigenvalue weighted by atomic mass is 16.4. The minimum atomic E-state index is -1.25. The summed E-state index contributed by atoms with van der Waals surface area (Å²) in [4.78, 5) is 23.2. The van der Waals surface area contributed by atoms with Gasteiger partial charge in [-0.3, -0.25) is 14.3 Å². The van der Waals surface area contributed by atoms with Crippen LogP contribution in [0.5, 0.6) is 0 Å². The van der Waals surface area contributed by atoms with Gasteiger partial charge in [0, 0.05) is 18.3 Å². The van der Waals surface area contributed by atoms with Gasteiger partial charge in [0.05, 0.1) is 0 Å². The molecule has 0 aliphatic heterocycles. The van der Waals surface area contributed by atoms with Crippen LogP contribution >= 0.6 is 0 Å². The van der Waals surface area contributed by atoms with E-state index in [0.29, 0.717) is 18.7 Å². The first kappa shape index (κ1) is 12.6. The van der Waals surface area contributed by atoms with Crippen molar-refractivity contribution in [1.29, 1.82) is 0 Å². The molecule has 6 nitrogen and oxygen atoms in total. The average Bonchev–Trinajstić information content (AvgIpc) is 2.63. The topological polar surface area (TPSA) is 84.2 Å². The molecule has 1 aliphatic carbocycles. The monoisotopic (exact) mass is 251 g/mol. The Bertz CT molecular complexity index is 475. The maximum atomic E-state index is 12.0. The summed E-state index contributed by atoms with van der Waals surface area (Å²) >= 11 is 0. The van der Waals surface area contributed by atoms with Crippen molar-refractivity contribution in [2.24, 2.45) is 5.41 Å². The minimum absolute atomic E-state index is 0.202. The van der Waals surface area contributed by atoms with Crippen molar-refractivity contribution in [3.63, 3.8) is 0 Å². The first-order valence-electron chi connectivity index (χ1n) is 6.06. The first-order chi connectivity index (χ1) is 8.45. The number of aromatic nitrogens is 2. The Morgan fingerprint density at radius 1 is 1.50 bits per heavy atom. The van der Waals surface area contributed by atoms with E-state index in [-0.39, 0.29) is 6.04 Å². The van der Waals surface area contributed by atoms with E-state index in [0.717, 1.165) is 6.42 Å². The molecule has 0 saturated heterocycles. The molecule has 0 bridgehead atoms. The zero-order chi connectivity index (χ0) is 13.3. The van der Waals surface area contributed by atoms with E-state index in [9.17, 15) is 9.59 Å². The Labute approximate surface area is 105 Å². The fourth-order valence-electron chi connectivity index (χ4n) is 2.00. The third-order valence-electron chi connectivity index (χ3n) is 3.43. The van der Waals surface area contributed by atoms with Crippen molar-refractivity contribution < 1.29 is 14.7 Å². The van der Waals surface area contributed by atoms with E-state index in [4.69, 9.17) is 5.11 Å². The number of carbonyl (C=O) groups is 2. The second-order valence-corrected chi connectivity index (χ2v) is 4.97. The van der Waals surface area contributed by atoms with Gasteiger partial charge >= 0.3 is 5.97 Å². The molecule has 0 spiro atoms. The van der Waals surface area contributed by atoms with Crippen molar-refractivity contribution in [2.45, 2.75) is 39.2 Å². The highest BCUT2D eigenvalue weighted by Gasteiger charge is 2.51. The highest BCUT2D eigenvalue weighted by molar-refractivity contribution is 6.08. The van der Waals surface area contributed by atoms with Crippen molar-refractivity contribution in [2.75, 3.05) is 5.32 Å². The summed E-state index contributed by atoms with van der Waals surface area (Å²) < 4.78 is 1.71. The summed E-state index contributed by atoms with van der Waals surface area (Å²) in [5.41, 5.74) is -1.25. The van der Waals surface area contributed by atoms with Crippen LogP contribution in [-0.2, 0) is 9.59 Å². The van der Waals surface area contributed by atoms with Crippen LogP contribution in [0.25, 0.3) is 0 Å². The van der Waals surface area contributed by atoms with E-state index < -0.39 is 17.3 Å². The maximum absolute atomic E-state index is 12.0. The molecule has 2 N–H and O–H groups in total. The Hall–Kier alpha value is -1.85. The fourth-order valence-corrected chi connectivity index (χ4v) is 2.00. The maximum Gasteiger partial charge on any atom is 0.319 e. The van der Waals surface area contributed by atoms with Gasteiger partial charge in [0.1, 0.15) is 5.41 Å². The Balaban J connectivity index is 2.09. The molecular weight excluding hydrogens is 234 g/mol. The predicted octanol–water partition coefficient (Wildman–Crippen LogP) is 1.66. The van der Waals surface area contributed by atoms with Crippen LogP contribution in [0.1, 0.15) is 39.2 Å². The van der Waals surface area contributed by atoms with Crippen LogP contribution in [0.2, 0.25) is 0 Å². The Morgan fingerprint density at radius 2 is 2.17 bits per heavy atom. The van der Waals surface area contributed by atoms with E-state index in [1.807, 2.05) is 13.8 Å². The molecule has 6 heteroatoms. The van der Waals surface area contributed by atoms with Gasteiger partial charge in [-0.1, -0.05) is 6.42 Å². The number of hydrogen-bond acceptors (Lipinski definition) is 3. The lowest BCUT2D eigenvalue weighted by atomic mass is 9.68. The van der Waals surface area contributed by atoms with Gasteiger partial charge in [-0.25, -0.2) is 0 Å². The molecule has 0 radical (unpaired) electrons. The molecule has 1 aromatic rings. The van der Waals surface area contributed by atoms with E-state index in [2.05, 4.69) is 10.4 Å². The predicted molar refractivity (Wildman–Crippen MR) is 65.2 cm³/mol. The second-order valence-electron chi connectivity index (χ2n) is 4.97. The lowest BCUT2D eigenvalue weighted by Gasteiger charge is -2.35. The molecule has 98 valence electrons. The van der Waals surface area contributed by atoms with Crippen LogP contribution in [0.3, 0.4) is 0 Å². The van der Waals surface area contributed by atoms with Crippen LogP contribution in [-0.4, -0.2) is 26.8 Å². The van der Waals surface area contributed by atoms with Crippen molar-refractivity contribution in [1.82, 2.24) is 9.78 Å². The molecule has 1 saturated carbocycles. The fraction of sp³-hybridized carbons (Fsp3) is 0.583. The van der Waals surface area contributed by atoms with Crippen LogP contribution in [0.15, 0.2) is 12.3 Å². The molecule has 1 heterocycles. The normalized spacial score (nSPS) is 17.3. The molecule has 18 heavy (non-hydrogen) atoms. The molecule has 1 aliphatic rings. The molecule has 0 aromatic carbocycles. The summed E-state index contributed by atoms with van der Waals surface area (Å²) in [6.07, 6.45) is 3.34. The van der Waals surface area contributed by atoms with E-state index >= 15 is 0 Å². The SMILES string of the molecule is CC(C)n1ccc(NC(=O)C2(C(=O)O)CCC2)n1. The number of carboxylic acids is 1. The van der Waals surface area contributed by atoms with Crippen LogP contribution < -0.4 is 5.32 Å². The second kappa shape index (κ2) is 4.44. The first-order valence-corrected chi connectivity index (χ1v) is 6.06. The average molecular weight is 251 g/mol. The molecular formula is C12H17N3O3. The van der Waals surface area contributed by atoms with Gasteiger partial charge < -0.3 is 10.4 Å². The summed E-state index contributed by atoms with van der Waals surface area (Å²) in [6, 6.07) is 1.87. The standard InChI is InChI=1S/C12H17N3O3/c1-8(2)15-7-4-9(14-15)13-10(16)12(11(17)18)5-3-6-12/h4,7-8H,3,5-6H2,1-2H3,(H,17,18)(H,13,14,16). The molecule has 2 rings (SSSR count). The zero-order valence-electron chi connectivity index (χ0n) is 10.5. The largest absolute Gasteiger partial charge is 0.480 e. The van der Waals surface area contributed by atoms with Gasteiger partial charge in [-0.15, -0.1) is 0 Å². The quantitative estimate of drug-likeness (QED) is 0.797. The van der Waals surface area contributed by atoms with E-state index in [1.54, 1.807) is 16.9 Å². The minimum Gasteiger partial charge on any atom is -0.480 e. The lowest BCUT2D eigenvalue weighted by molar-refractivity contribution is -0.159. The van der Waals surface area contributed by atoms with Crippen molar-refractivity contribution >= 4 is 17.7 Å². The number of anilines is 1. The lowest BCUT2D eigenvalue weighted by Crippen LogP contribution is -2.48. The third-order valence-corrected chi connectivity index (χ3v) is 3.43. The summed E-state index contributed by atoms with van der Waals surface area (Å²) in [5.74, 6) is -1.11. The number of carboxylic acid groups (broad SMARTS) is 1. The van der Waals surface area contributed by atoms with E-state index in [1.165, 1.54) is 0 Å². The highest BCUT2D eigenvalue weighted by Crippen LogP contribution is 2.42. The number of aliphatic carboxylic acids is 1. The third kappa shape index (κ3) is 1.98. The van der Waals surface area contributed by atoms with Crippen molar-refractivity contribution in [3.8, 4) is 0 Å². The van der Waals surface area contributed by atoms with Crippen LogP contribution in [0.4, 0.5) is 5.82 Å². The smallest absolute Gasteiger partial charge is 0.319 e. The molecule has 0 unspecified atom stereocenters. The van der Waals surface area contributed by atoms with Crippen LogP contribution in [0, 0.1) is 5.41 Å².